The zero-order chi connectivity index (χ0) is 15.2. The van der Waals surface area contributed by atoms with E-state index in [0.717, 1.165) is 12.1 Å². The number of fused-ring (bicyclic) bond motifs is 1. The van der Waals surface area contributed by atoms with E-state index in [-0.39, 0.29) is 6.54 Å². The van der Waals surface area contributed by atoms with Gasteiger partial charge in [-0.05, 0) is 31.7 Å². The van der Waals surface area contributed by atoms with Crippen molar-refractivity contribution in [3.63, 3.8) is 0 Å². The number of rotatable bonds is 1. The quantitative estimate of drug-likeness (QED) is 0.805. The molecule has 6 heteroatoms. The molecule has 0 fully saturated rings. The molecule has 0 aliphatic carbocycles. The predicted octanol–water partition coefficient (Wildman–Crippen LogP) is 3.19. The van der Waals surface area contributed by atoms with Crippen molar-refractivity contribution in [3.05, 3.63) is 46.8 Å². The average molecular weight is 295 g/mol. The fraction of sp³-hybridized carbons (Fsp3) is 0.400. The summed E-state index contributed by atoms with van der Waals surface area (Å²) in [6, 6.07) is 7.39. The highest BCUT2D eigenvalue weighted by Crippen LogP contribution is 2.35. The maximum atomic E-state index is 13.2. The van der Waals surface area contributed by atoms with Crippen LogP contribution in [0.15, 0.2) is 24.3 Å². The lowest BCUT2D eigenvalue weighted by atomic mass is 10.1. The third-order valence-corrected chi connectivity index (χ3v) is 3.76. The van der Waals surface area contributed by atoms with Crippen LogP contribution >= 0.6 is 0 Å². The molecular weight excluding hydrogens is 279 g/mol. The maximum absolute atomic E-state index is 13.2. The van der Waals surface area contributed by atoms with Gasteiger partial charge in [-0.1, -0.05) is 12.1 Å². The molecule has 21 heavy (non-hydrogen) atoms. The highest BCUT2D eigenvalue weighted by molar-refractivity contribution is 5.41. The van der Waals surface area contributed by atoms with E-state index in [1.165, 1.54) is 4.68 Å². The van der Waals surface area contributed by atoms with Gasteiger partial charge >= 0.3 is 6.18 Å². The fourth-order valence-electron chi connectivity index (χ4n) is 2.75. The fourth-order valence-corrected chi connectivity index (χ4v) is 2.75. The highest BCUT2D eigenvalue weighted by atomic mass is 19.4. The molecule has 0 saturated heterocycles. The van der Waals surface area contributed by atoms with Crippen LogP contribution in [-0.2, 0) is 19.1 Å². The number of aryl methyl sites for hydroxylation is 1. The Bertz CT molecular complexity index is 673. The first-order valence-corrected chi connectivity index (χ1v) is 6.80. The largest absolute Gasteiger partial charge is 0.435 e. The predicted molar refractivity (Wildman–Crippen MR) is 73.3 cm³/mol. The van der Waals surface area contributed by atoms with Crippen molar-refractivity contribution >= 4 is 0 Å². The summed E-state index contributed by atoms with van der Waals surface area (Å²) in [5.41, 5.74) is 1.90. The monoisotopic (exact) mass is 295 g/mol. The van der Waals surface area contributed by atoms with E-state index in [2.05, 4.69) is 5.10 Å². The van der Waals surface area contributed by atoms with Crippen molar-refractivity contribution < 1.29 is 13.2 Å². The minimum absolute atomic E-state index is 0.288. The van der Waals surface area contributed by atoms with E-state index < -0.39 is 11.9 Å². The van der Waals surface area contributed by atoms with Gasteiger partial charge in [-0.15, -0.1) is 0 Å². The Morgan fingerprint density at radius 3 is 2.67 bits per heavy atom. The molecule has 3 nitrogen and oxygen atoms in total. The Morgan fingerprint density at radius 1 is 1.24 bits per heavy atom. The molecule has 1 aliphatic heterocycles. The number of benzene rings is 1. The third kappa shape index (κ3) is 2.55. The normalized spacial score (nSPS) is 16.0. The molecule has 0 amide bonds. The molecule has 3 rings (SSSR count). The van der Waals surface area contributed by atoms with Crippen molar-refractivity contribution in [1.29, 1.82) is 0 Å². The number of likely N-dealkylation sites (N-methyl/N-ethyl adjacent to an activating group) is 1. The molecule has 0 saturated carbocycles. The number of nitrogens with zero attached hydrogens (tertiary/aromatic N) is 3. The van der Waals surface area contributed by atoms with Crippen molar-refractivity contribution in [2.45, 2.75) is 26.1 Å². The summed E-state index contributed by atoms with van der Waals surface area (Å²) in [6.07, 6.45) is -3.85. The first-order valence-electron chi connectivity index (χ1n) is 6.80. The highest BCUT2D eigenvalue weighted by Gasteiger charge is 2.40. The summed E-state index contributed by atoms with van der Waals surface area (Å²) in [5.74, 6) is 0. The number of hydrogen-bond acceptors (Lipinski definition) is 2. The Labute approximate surface area is 121 Å². The molecule has 0 bridgehead atoms. The molecule has 0 unspecified atom stereocenters. The molecular formula is C15H16F3N3. The molecule has 2 heterocycles. The first kappa shape index (κ1) is 14.1. The summed E-state index contributed by atoms with van der Waals surface area (Å²) >= 11 is 0. The first-order chi connectivity index (χ1) is 9.86. The lowest BCUT2D eigenvalue weighted by molar-refractivity contribution is -0.142. The van der Waals surface area contributed by atoms with Crippen LogP contribution in [0, 0.1) is 6.92 Å². The van der Waals surface area contributed by atoms with Crippen LogP contribution in [0.25, 0.3) is 5.69 Å². The van der Waals surface area contributed by atoms with Crippen LogP contribution in [0.3, 0.4) is 0 Å². The van der Waals surface area contributed by atoms with Crippen molar-refractivity contribution in [2.24, 2.45) is 0 Å². The van der Waals surface area contributed by atoms with Crippen molar-refractivity contribution in [3.8, 4) is 5.69 Å². The van der Waals surface area contributed by atoms with Crippen LogP contribution in [0.1, 0.15) is 22.5 Å². The lowest BCUT2D eigenvalue weighted by Gasteiger charge is -2.23. The number of alkyl halides is 3. The van der Waals surface area contributed by atoms with Gasteiger partial charge in [0.25, 0.3) is 0 Å². The molecule has 112 valence electrons. The van der Waals surface area contributed by atoms with Gasteiger partial charge < -0.3 is 4.90 Å². The summed E-state index contributed by atoms with van der Waals surface area (Å²) in [4.78, 5) is 1.89. The molecule has 2 aromatic rings. The zero-order valence-corrected chi connectivity index (χ0v) is 11.9. The summed E-state index contributed by atoms with van der Waals surface area (Å²) in [5, 5.41) is 3.87. The average Bonchev–Trinajstić information content (AvgIpc) is 2.77. The van der Waals surface area contributed by atoms with E-state index in [4.69, 9.17) is 0 Å². The maximum Gasteiger partial charge on any atom is 0.435 e. The minimum Gasteiger partial charge on any atom is -0.302 e. The van der Waals surface area contributed by atoms with Crippen LogP contribution in [0.2, 0.25) is 0 Å². The van der Waals surface area contributed by atoms with Crippen LogP contribution in [0.5, 0.6) is 0 Å². The summed E-state index contributed by atoms with van der Waals surface area (Å²) in [7, 11) is 1.83. The van der Waals surface area contributed by atoms with Crippen molar-refractivity contribution in [1.82, 2.24) is 14.7 Å². The third-order valence-electron chi connectivity index (χ3n) is 3.76. The SMILES string of the molecule is Cc1cccc(-n2nc(C(F)(F)F)c3c2CCN(C)C3)c1. The van der Waals surface area contributed by atoms with E-state index in [0.29, 0.717) is 23.4 Å². The Morgan fingerprint density at radius 2 is 2.00 bits per heavy atom. The van der Waals surface area contributed by atoms with Gasteiger partial charge in [-0.25, -0.2) is 4.68 Å². The number of halogens is 3. The smallest absolute Gasteiger partial charge is 0.302 e. The van der Waals surface area contributed by atoms with E-state index in [1.807, 2.05) is 37.1 Å². The van der Waals surface area contributed by atoms with Crippen LogP contribution < -0.4 is 0 Å². The second-order valence-electron chi connectivity index (χ2n) is 5.51. The van der Waals surface area contributed by atoms with Gasteiger partial charge in [-0.2, -0.15) is 18.3 Å². The van der Waals surface area contributed by atoms with Crippen molar-refractivity contribution in [2.75, 3.05) is 13.6 Å². The van der Waals surface area contributed by atoms with Gasteiger partial charge in [0.2, 0.25) is 0 Å². The van der Waals surface area contributed by atoms with Gasteiger partial charge in [-0.3, -0.25) is 0 Å². The second kappa shape index (κ2) is 4.87. The van der Waals surface area contributed by atoms with Gasteiger partial charge in [0, 0.05) is 25.1 Å². The number of hydrogen-bond donors (Lipinski definition) is 0. The molecule has 0 radical (unpaired) electrons. The molecule has 1 aromatic heterocycles. The zero-order valence-electron chi connectivity index (χ0n) is 11.9. The van der Waals surface area contributed by atoms with E-state index >= 15 is 0 Å². The van der Waals surface area contributed by atoms with Gasteiger partial charge in [0.1, 0.15) is 0 Å². The molecule has 1 aromatic carbocycles. The van der Waals surface area contributed by atoms with Crippen LogP contribution in [0.4, 0.5) is 13.2 Å². The standard InChI is InChI=1S/C15H16F3N3/c1-10-4-3-5-11(8-10)21-13-6-7-20(2)9-12(13)14(19-21)15(16,17)18/h3-5,8H,6-7,9H2,1-2H3. The Kier molecular flexibility index (Phi) is 3.28. The van der Waals surface area contributed by atoms with E-state index in [9.17, 15) is 13.2 Å². The van der Waals surface area contributed by atoms with Gasteiger partial charge in [0.05, 0.1) is 11.4 Å². The molecule has 1 aliphatic rings. The number of aromatic nitrogens is 2. The summed E-state index contributed by atoms with van der Waals surface area (Å²) in [6.45, 7) is 2.94. The van der Waals surface area contributed by atoms with Crippen LogP contribution in [-0.4, -0.2) is 28.3 Å². The molecule has 0 N–H and O–H groups in total. The lowest BCUT2D eigenvalue weighted by Crippen LogP contribution is -2.28. The molecule has 0 spiro atoms. The Hall–Kier alpha value is -1.82. The van der Waals surface area contributed by atoms with Gasteiger partial charge in [0.15, 0.2) is 5.69 Å². The Balaban J connectivity index is 2.18. The van der Waals surface area contributed by atoms with E-state index in [1.54, 1.807) is 6.07 Å². The topological polar surface area (TPSA) is 21.1 Å². The summed E-state index contributed by atoms with van der Waals surface area (Å²) < 4.78 is 41.1. The minimum atomic E-state index is -4.42. The molecule has 0 atom stereocenters. The second-order valence-corrected chi connectivity index (χ2v) is 5.51.